The standard InChI is InChI=1S/C10H8N2O3/c1-15-10(14)9(13)7(6-11)8-4-2-3-5-12-8/h2-5,7H,1H3. The van der Waals surface area contributed by atoms with Gasteiger partial charge in [0.05, 0.1) is 18.9 Å². The second kappa shape index (κ2) is 4.86. The van der Waals surface area contributed by atoms with Crippen molar-refractivity contribution in [2.45, 2.75) is 5.92 Å². The average molecular weight is 204 g/mol. The normalized spacial score (nSPS) is 11.2. The molecule has 0 saturated heterocycles. The van der Waals surface area contributed by atoms with Gasteiger partial charge in [0.25, 0.3) is 5.78 Å². The molecule has 0 aromatic carbocycles. The van der Waals surface area contributed by atoms with Crippen LogP contribution < -0.4 is 0 Å². The van der Waals surface area contributed by atoms with Crippen LogP contribution in [0.2, 0.25) is 0 Å². The summed E-state index contributed by atoms with van der Waals surface area (Å²) in [4.78, 5) is 26.1. The van der Waals surface area contributed by atoms with Crippen LogP contribution in [0.4, 0.5) is 0 Å². The van der Waals surface area contributed by atoms with Gasteiger partial charge in [-0.3, -0.25) is 9.78 Å². The molecular formula is C10H8N2O3. The van der Waals surface area contributed by atoms with Crippen molar-refractivity contribution in [3.05, 3.63) is 30.1 Å². The van der Waals surface area contributed by atoms with E-state index in [1.165, 1.54) is 12.3 Å². The first-order valence-corrected chi connectivity index (χ1v) is 4.13. The van der Waals surface area contributed by atoms with Gasteiger partial charge in [0.15, 0.2) is 5.92 Å². The van der Waals surface area contributed by atoms with E-state index in [1.807, 2.05) is 0 Å². The van der Waals surface area contributed by atoms with Crippen molar-refractivity contribution in [2.24, 2.45) is 0 Å². The second-order valence-corrected chi connectivity index (χ2v) is 2.67. The Hall–Kier alpha value is -2.22. The van der Waals surface area contributed by atoms with Crippen LogP contribution in [-0.4, -0.2) is 23.8 Å². The van der Waals surface area contributed by atoms with Gasteiger partial charge in [-0.2, -0.15) is 5.26 Å². The fraction of sp³-hybridized carbons (Fsp3) is 0.200. The lowest BCUT2D eigenvalue weighted by Gasteiger charge is -2.04. The molecule has 0 spiro atoms. The molecule has 0 bridgehead atoms. The van der Waals surface area contributed by atoms with Crippen molar-refractivity contribution in [1.29, 1.82) is 5.26 Å². The smallest absolute Gasteiger partial charge is 0.376 e. The Balaban J connectivity index is 2.97. The van der Waals surface area contributed by atoms with Crippen LogP contribution in [0.1, 0.15) is 11.6 Å². The maximum absolute atomic E-state index is 11.4. The highest BCUT2D eigenvalue weighted by molar-refractivity contribution is 6.36. The molecule has 5 heteroatoms. The van der Waals surface area contributed by atoms with Crippen molar-refractivity contribution < 1.29 is 14.3 Å². The Labute approximate surface area is 86.3 Å². The fourth-order valence-corrected chi connectivity index (χ4v) is 1.02. The lowest BCUT2D eigenvalue weighted by atomic mass is 10.0. The van der Waals surface area contributed by atoms with Gasteiger partial charge in [0, 0.05) is 6.20 Å². The average Bonchev–Trinajstić information content (AvgIpc) is 2.30. The largest absolute Gasteiger partial charge is 0.463 e. The molecule has 0 N–H and O–H groups in total. The molecule has 0 fully saturated rings. The Morgan fingerprint density at radius 2 is 2.27 bits per heavy atom. The molecule has 1 unspecified atom stereocenters. The van der Waals surface area contributed by atoms with E-state index in [0.29, 0.717) is 0 Å². The number of hydrogen-bond acceptors (Lipinski definition) is 5. The number of ether oxygens (including phenoxy) is 1. The van der Waals surface area contributed by atoms with Crippen molar-refractivity contribution >= 4 is 11.8 Å². The zero-order valence-electron chi connectivity index (χ0n) is 8.01. The summed E-state index contributed by atoms with van der Waals surface area (Å²) < 4.78 is 4.25. The van der Waals surface area contributed by atoms with Gasteiger partial charge in [0.2, 0.25) is 0 Å². The quantitative estimate of drug-likeness (QED) is 0.527. The number of nitrogens with zero attached hydrogens (tertiary/aromatic N) is 2. The Kier molecular flexibility index (Phi) is 3.52. The summed E-state index contributed by atoms with van der Waals surface area (Å²) in [6, 6.07) is 6.52. The lowest BCUT2D eigenvalue weighted by molar-refractivity contribution is -0.151. The minimum Gasteiger partial charge on any atom is -0.463 e. The molecule has 1 heterocycles. The molecule has 15 heavy (non-hydrogen) atoms. The number of aromatic nitrogens is 1. The predicted molar refractivity (Wildman–Crippen MR) is 49.6 cm³/mol. The van der Waals surface area contributed by atoms with Crippen LogP contribution in [0.3, 0.4) is 0 Å². The summed E-state index contributed by atoms with van der Waals surface area (Å²) in [7, 11) is 1.09. The van der Waals surface area contributed by atoms with Crippen molar-refractivity contribution in [2.75, 3.05) is 7.11 Å². The Morgan fingerprint density at radius 1 is 1.53 bits per heavy atom. The number of pyridine rings is 1. The highest BCUT2D eigenvalue weighted by Crippen LogP contribution is 2.13. The van der Waals surface area contributed by atoms with E-state index in [9.17, 15) is 9.59 Å². The molecule has 0 aliphatic rings. The SMILES string of the molecule is COC(=O)C(=O)C(C#N)c1ccccn1. The topological polar surface area (TPSA) is 80.0 Å². The third-order valence-electron chi connectivity index (χ3n) is 1.76. The molecule has 1 aromatic rings. The molecule has 0 amide bonds. The van der Waals surface area contributed by atoms with Crippen LogP contribution in [0.15, 0.2) is 24.4 Å². The highest BCUT2D eigenvalue weighted by atomic mass is 16.5. The minimum atomic E-state index is -1.20. The van der Waals surface area contributed by atoms with Crippen molar-refractivity contribution in [3.63, 3.8) is 0 Å². The van der Waals surface area contributed by atoms with E-state index in [1.54, 1.807) is 18.2 Å². The molecule has 0 aliphatic heterocycles. The van der Waals surface area contributed by atoms with E-state index in [-0.39, 0.29) is 5.69 Å². The zero-order chi connectivity index (χ0) is 11.3. The van der Waals surface area contributed by atoms with E-state index in [2.05, 4.69) is 9.72 Å². The third-order valence-corrected chi connectivity index (χ3v) is 1.76. The molecular weight excluding hydrogens is 196 g/mol. The van der Waals surface area contributed by atoms with Crippen LogP contribution in [0.25, 0.3) is 0 Å². The summed E-state index contributed by atoms with van der Waals surface area (Å²) in [5.41, 5.74) is 0.246. The lowest BCUT2D eigenvalue weighted by Crippen LogP contribution is -2.23. The molecule has 0 radical (unpaired) electrons. The highest BCUT2D eigenvalue weighted by Gasteiger charge is 2.28. The van der Waals surface area contributed by atoms with Gasteiger partial charge < -0.3 is 4.74 Å². The zero-order valence-corrected chi connectivity index (χ0v) is 8.01. The molecule has 1 aromatic heterocycles. The van der Waals surface area contributed by atoms with Gasteiger partial charge >= 0.3 is 5.97 Å². The summed E-state index contributed by atoms with van der Waals surface area (Å²) in [5, 5.41) is 8.78. The monoisotopic (exact) mass is 204 g/mol. The van der Waals surface area contributed by atoms with Gasteiger partial charge in [-0.1, -0.05) is 6.07 Å². The summed E-state index contributed by atoms with van der Waals surface area (Å²) in [6.45, 7) is 0. The molecule has 0 saturated carbocycles. The molecule has 76 valence electrons. The fourth-order valence-electron chi connectivity index (χ4n) is 1.02. The molecule has 1 rings (SSSR count). The molecule has 1 atom stereocenters. The molecule has 5 nitrogen and oxygen atoms in total. The van der Waals surface area contributed by atoms with E-state index in [4.69, 9.17) is 5.26 Å². The Bertz CT molecular complexity index is 408. The Morgan fingerprint density at radius 3 is 2.73 bits per heavy atom. The van der Waals surface area contributed by atoms with Gasteiger partial charge in [-0.15, -0.1) is 0 Å². The van der Waals surface area contributed by atoms with E-state index in [0.717, 1.165) is 7.11 Å². The van der Waals surface area contributed by atoms with Crippen molar-refractivity contribution in [1.82, 2.24) is 4.98 Å². The number of Topliss-reactive ketones (excluding diaryl/α,β-unsaturated/α-hetero) is 1. The van der Waals surface area contributed by atoms with Gasteiger partial charge in [-0.25, -0.2) is 4.79 Å². The first kappa shape index (κ1) is 10.9. The number of rotatable bonds is 3. The minimum absolute atomic E-state index is 0.246. The van der Waals surface area contributed by atoms with Crippen LogP contribution >= 0.6 is 0 Å². The summed E-state index contributed by atoms with van der Waals surface area (Å²) in [5.74, 6) is -3.13. The van der Waals surface area contributed by atoms with Crippen molar-refractivity contribution in [3.8, 4) is 6.07 Å². The predicted octanol–water partition coefficient (Wildman–Crippen LogP) is 0.431. The summed E-state index contributed by atoms with van der Waals surface area (Å²) >= 11 is 0. The van der Waals surface area contributed by atoms with Gasteiger partial charge in [-0.05, 0) is 12.1 Å². The van der Waals surface area contributed by atoms with Crippen LogP contribution in [0, 0.1) is 11.3 Å². The first-order valence-electron chi connectivity index (χ1n) is 4.13. The number of carbonyl (C=O) groups is 2. The van der Waals surface area contributed by atoms with E-state index >= 15 is 0 Å². The number of esters is 1. The number of hydrogen-bond donors (Lipinski definition) is 0. The number of methoxy groups -OCH3 is 1. The number of carbonyl (C=O) groups excluding carboxylic acids is 2. The third kappa shape index (κ3) is 2.38. The van der Waals surface area contributed by atoms with Crippen LogP contribution in [0.5, 0.6) is 0 Å². The maximum Gasteiger partial charge on any atom is 0.376 e. The second-order valence-electron chi connectivity index (χ2n) is 2.67. The number of ketones is 1. The van der Waals surface area contributed by atoms with E-state index < -0.39 is 17.7 Å². The van der Waals surface area contributed by atoms with Gasteiger partial charge in [0.1, 0.15) is 0 Å². The van der Waals surface area contributed by atoms with Crippen LogP contribution in [-0.2, 0) is 14.3 Å². The molecule has 0 aliphatic carbocycles. The number of nitriles is 1. The summed E-state index contributed by atoms with van der Waals surface area (Å²) in [6.07, 6.45) is 1.45. The maximum atomic E-state index is 11.4. The first-order chi connectivity index (χ1) is 7.20.